The lowest BCUT2D eigenvalue weighted by Crippen LogP contribution is -2.60. The Balaban J connectivity index is 1.43. The Bertz CT molecular complexity index is 1930. The molecule has 0 saturated carbocycles. The fraction of sp³-hybridized carbons (Fsp3) is 0.389. The number of rotatable bonds is 13. The summed E-state index contributed by atoms with van der Waals surface area (Å²) >= 11 is 8.14. The molecule has 0 radical (unpaired) electrons. The van der Waals surface area contributed by atoms with Crippen LogP contribution < -0.4 is 9.47 Å². The highest BCUT2D eigenvalue weighted by molar-refractivity contribution is 7.14. The minimum atomic E-state index is -1.51. The van der Waals surface area contributed by atoms with E-state index >= 15 is 0 Å². The van der Waals surface area contributed by atoms with E-state index in [2.05, 4.69) is 10.2 Å². The van der Waals surface area contributed by atoms with Gasteiger partial charge in [0.25, 0.3) is 0 Å². The van der Waals surface area contributed by atoms with Crippen molar-refractivity contribution in [3.63, 3.8) is 0 Å². The number of carbonyl (C=O) groups excluding carboxylic acids is 4. The number of benzene rings is 2. The minimum absolute atomic E-state index is 0.0413. The molecule has 16 heteroatoms. The number of hydrogen-bond acceptors (Lipinski definition) is 15. The molecule has 6 atom stereocenters. The molecule has 276 valence electrons. The monoisotopic (exact) mass is 756 g/mol. The highest BCUT2D eigenvalue weighted by Gasteiger charge is 2.52. The van der Waals surface area contributed by atoms with E-state index in [4.69, 9.17) is 49.2 Å². The zero-order chi connectivity index (χ0) is 37.7. The maximum atomic E-state index is 13.8. The van der Waals surface area contributed by atoms with Gasteiger partial charge in [0.05, 0.1) is 20.1 Å². The molecule has 52 heavy (non-hydrogen) atoms. The van der Waals surface area contributed by atoms with Crippen molar-refractivity contribution in [3.8, 4) is 33.4 Å². The van der Waals surface area contributed by atoms with E-state index in [0.29, 0.717) is 11.1 Å². The molecule has 0 bridgehead atoms. The van der Waals surface area contributed by atoms with Crippen molar-refractivity contribution in [3.05, 3.63) is 69.9 Å². The Morgan fingerprint density at radius 1 is 0.923 bits per heavy atom. The second-order valence-corrected chi connectivity index (χ2v) is 13.2. The molecule has 2 aromatic heterocycles. The van der Waals surface area contributed by atoms with Crippen molar-refractivity contribution in [1.29, 1.82) is 0 Å². The number of nitrogens with zero attached hydrogens (tertiary/aromatic N) is 2. The van der Waals surface area contributed by atoms with E-state index in [1.807, 2.05) is 19.1 Å². The van der Waals surface area contributed by atoms with Gasteiger partial charge in [-0.05, 0) is 43.7 Å². The van der Waals surface area contributed by atoms with Crippen molar-refractivity contribution < 1.29 is 56.8 Å². The van der Waals surface area contributed by atoms with Crippen LogP contribution in [0.3, 0.4) is 0 Å². The third kappa shape index (κ3) is 8.44. The number of methoxy groups -OCH3 is 2. The first-order chi connectivity index (χ1) is 24.8. The Labute approximate surface area is 308 Å². The highest BCUT2D eigenvalue weighted by Crippen LogP contribution is 2.42. The number of esters is 3. The van der Waals surface area contributed by atoms with Crippen LogP contribution in [0.25, 0.3) is 21.9 Å². The summed E-state index contributed by atoms with van der Waals surface area (Å²) in [5.74, 6) is -2.94. The van der Waals surface area contributed by atoms with Gasteiger partial charge in [0.2, 0.25) is 12.1 Å². The third-order valence-corrected chi connectivity index (χ3v) is 9.31. The molecule has 1 aliphatic heterocycles. The second-order valence-electron chi connectivity index (χ2n) is 11.7. The predicted octanol–water partition coefficient (Wildman–Crippen LogP) is 6.17. The zero-order valence-electron chi connectivity index (χ0n) is 29.4. The molecule has 14 nitrogen and oxygen atoms in total. The number of halogens is 1. The van der Waals surface area contributed by atoms with Gasteiger partial charge in [0, 0.05) is 31.6 Å². The third-order valence-electron chi connectivity index (χ3n) is 8.05. The molecule has 0 amide bonds. The van der Waals surface area contributed by atoms with Gasteiger partial charge in [-0.25, -0.2) is 4.79 Å². The summed E-state index contributed by atoms with van der Waals surface area (Å²) in [5, 5.41) is 9.91. The molecule has 1 fully saturated rings. The molecule has 1 aliphatic rings. The molecular weight excluding hydrogens is 720 g/mol. The quantitative estimate of drug-likeness (QED) is 0.0861. The van der Waals surface area contributed by atoms with Crippen LogP contribution in [-0.4, -0.2) is 79.3 Å². The molecule has 0 N–H and O–H groups in total. The topological polar surface area (TPSA) is 172 Å². The number of aromatic nitrogens is 2. The summed E-state index contributed by atoms with van der Waals surface area (Å²) < 4.78 is 45.3. The van der Waals surface area contributed by atoms with Crippen LogP contribution in [-0.2, 0) is 38.1 Å². The summed E-state index contributed by atoms with van der Waals surface area (Å²) in [7, 11) is 2.54. The van der Waals surface area contributed by atoms with E-state index in [0.717, 1.165) is 29.6 Å². The van der Waals surface area contributed by atoms with E-state index in [-0.39, 0.29) is 34.6 Å². The number of carbonyl (C=O) groups is 4. The summed E-state index contributed by atoms with van der Waals surface area (Å²) in [6.07, 6.45) is -6.20. The zero-order valence-corrected chi connectivity index (χ0v) is 30.9. The minimum Gasteiger partial charge on any atom is -0.495 e. The molecule has 3 heterocycles. The number of ketones is 1. The molecule has 0 spiro atoms. The number of aryl methyl sites for hydroxylation is 1. The Morgan fingerprint density at radius 2 is 1.60 bits per heavy atom. The fourth-order valence-corrected chi connectivity index (χ4v) is 6.56. The first kappa shape index (κ1) is 38.4. The number of ether oxygens (including phenoxy) is 7. The van der Waals surface area contributed by atoms with Crippen LogP contribution in [0, 0.1) is 12.8 Å². The second kappa shape index (κ2) is 16.7. The summed E-state index contributed by atoms with van der Waals surface area (Å²) in [5.41, 5.74) is 1.92. The maximum absolute atomic E-state index is 13.8. The van der Waals surface area contributed by atoms with Gasteiger partial charge in [-0.2, -0.15) is 0 Å². The SMILES string of the molecule is CCOC(C(=O)c1ccc(-c2cc(OC)c(Cl)c(O[C@H]3O[C@H](C(=O)OC)[C@@H](OC(C)=O)[C@H](OC(C)=O)[C@H]3C)c2)o1)c1ccc(-c2nnc(C)s2)cc1. The van der Waals surface area contributed by atoms with Crippen molar-refractivity contribution in [2.24, 2.45) is 5.92 Å². The molecule has 5 rings (SSSR count). The maximum Gasteiger partial charge on any atom is 0.339 e. The van der Waals surface area contributed by atoms with Gasteiger partial charge in [0.15, 0.2) is 24.1 Å². The van der Waals surface area contributed by atoms with Gasteiger partial charge < -0.3 is 37.6 Å². The first-order valence-corrected chi connectivity index (χ1v) is 17.3. The lowest BCUT2D eigenvalue weighted by atomic mass is 9.91. The molecule has 2 aromatic carbocycles. The Hall–Kier alpha value is -4.83. The summed E-state index contributed by atoms with van der Waals surface area (Å²) in [6.45, 7) is 7.90. The van der Waals surface area contributed by atoms with E-state index in [9.17, 15) is 19.2 Å². The molecular formula is C36H37ClN2O12S. The van der Waals surface area contributed by atoms with Crippen molar-refractivity contribution in [2.45, 2.75) is 65.3 Å². The number of hydrogen-bond donors (Lipinski definition) is 0. The van der Waals surface area contributed by atoms with Gasteiger partial charge in [-0.15, -0.1) is 10.2 Å². The van der Waals surface area contributed by atoms with Crippen molar-refractivity contribution in [2.75, 3.05) is 20.8 Å². The largest absolute Gasteiger partial charge is 0.495 e. The van der Waals surface area contributed by atoms with Gasteiger partial charge in [-0.3, -0.25) is 14.4 Å². The molecule has 4 aromatic rings. The first-order valence-electron chi connectivity index (χ1n) is 16.1. The van der Waals surface area contributed by atoms with Crippen LogP contribution in [0.5, 0.6) is 11.5 Å². The Kier molecular flexibility index (Phi) is 12.3. The van der Waals surface area contributed by atoms with E-state index in [1.165, 1.54) is 37.5 Å². The van der Waals surface area contributed by atoms with E-state index in [1.54, 1.807) is 38.1 Å². The van der Waals surface area contributed by atoms with Crippen molar-refractivity contribution >= 4 is 46.6 Å². The summed E-state index contributed by atoms with van der Waals surface area (Å²) in [4.78, 5) is 50.6. The smallest absolute Gasteiger partial charge is 0.339 e. The van der Waals surface area contributed by atoms with E-state index < -0.39 is 60.3 Å². The van der Waals surface area contributed by atoms with Crippen LogP contribution in [0.4, 0.5) is 0 Å². The lowest BCUT2D eigenvalue weighted by molar-refractivity contribution is -0.261. The Morgan fingerprint density at radius 3 is 2.19 bits per heavy atom. The average Bonchev–Trinajstić information content (AvgIpc) is 3.80. The molecule has 1 unspecified atom stereocenters. The molecule has 1 saturated heterocycles. The summed E-state index contributed by atoms with van der Waals surface area (Å²) in [6, 6.07) is 13.6. The van der Waals surface area contributed by atoms with Gasteiger partial charge in [0.1, 0.15) is 38.4 Å². The van der Waals surface area contributed by atoms with Crippen LogP contribution in [0.15, 0.2) is 52.9 Å². The molecule has 0 aliphatic carbocycles. The van der Waals surface area contributed by atoms with Crippen LogP contribution >= 0.6 is 22.9 Å². The van der Waals surface area contributed by atoms with Crippen LogP contribution in [0.2, 0.25) is 5.02 Å². The number of furan rings is 1. The van der Waals surface area contributed by atoms with Gasteiger partial charge in [-0.1, -0.05) is 54.1 Å². The van der Waals surface area contributed by atoms with Gasteiger partial charge >= 0.3 is 17.9 Å². The van der Waals surface area contributed by atoms with Crippen LogP contribution in [0.1, 0.15) is 54.9 Å². The number of Topliss-reactive ketones (excluding diaryl/α,β-unsaturated/α-hetero) is 1. The predicted molar refractivity (Wildman–Crippen MR) is 186 cm³/mol. The fourth-order valence-electron chi connectivity index (χ4n) is 5.63. The highest BCUT2D eigenvalue weighted by atomic mass is 35.5. The standard InChI is InChI=1S/C36H37ClN2O12S/c1-8-46-31(21-9-11-22(12-10-21)34-39-38-18(3)52-34)29(42)25-14-13-24(49-25)23-15-26(44-6)28(37)27(16-23)50-36-17(2)30(47-19(4)40)32(48-20(5)41)33(51-36)35(43)45-7/h9-17,30-33,36H,8H2,1-7H3/t17-,30-,31?,32+,33+,36+/m1/s1. The average molecular weight is 757 g/mol. The normalized spacial score (nSPS) is 20.4. The lowest BCUT2D eigenvalue weighted by Gasteiger charge is -2.42. The van der Waals surface area contributed by atoms with Crippen molar-refractivity contribution in [1.82, 2.24) is 10.2 Å².